The van der Waals surface area contributed by atoms with E-state index in [1.165, 1.54) is 45.6 Å². The summed E-state index contributed by atoms with van der Waals surface area (Å²) >= 11 is 0. The third kappa shape index (κ3) is 5.22. The second kappa shape index (κ2) is 11.2. The second-order valence-corrected chi connectivity index (χ2v) is 9.17. The Morgan fingerprint density at radius 2 is 1.26 bits per heavy atom. The molecule has 4 heterocycles. The molecule has 12 nitrogen and oxygen atoms in total. The lowest BCUT2D eigenvalue weighted by Gasteiger charge is -2.27. The van der Waals surface area contributed by atoms with E-state index in [2.05, 4.69) is 0 Å². The van der Waals surface area contributed by atoms with Crippen LogP contribution < -0.4 is 11.3 Å². The highest BCUT2D eigenvalue weighted by Crippen LogP contribution is 2.32. The van der Waals surface area contributed by atoms with Crippen molar-refractivity contribution in [1.82, 2.24) is 10.1 Å². The lowest BCUT2D eigenvalue weighted by Crippen LogP contribution is -2.42. The number of amides is 4. The molecule has 0 spiro atoms. The quantitative estimate of drug-likeness (QED) is 0.507. The van der Waals surface area contributed by atoms with E-state index in [9.17, 15) is 28.8 Å². The smallest absolute Gasteiger partial charge is 0.336 e. The van der Waals surface area contributed by atoms with Gasteiger partial charge in [0.25, 0.3) is 23.6 Å². The molecule has 202 valence electrons. The van der Waals surface area contributed by atoms with Gasteiger partial charge in [-0.05, 0) is 36.3 Å². The van der Waals surface area contributed by atoms with Gasteiger partial charge in [-0.1, -0.05) is 26.2 Å². The van der Waals surface area contributed by atoms with E-state index in [0.29, 0.717) is 40.5 Å². The summed E-state index contributed by atoms with van der Waals surface area (Å²) in [6.45, 7) is 1.82. The molecule has 1 fully saturated rings. The van der Waals surface area contributed by atoms with Gasteiger partial charge in [0, 0.05) is 12.1 Å². The average molecular weight is 529 g/mol. The van der Waals surface area contributed by atoms with Crippen LogP contribution in [0.3, 0.4) is 0 Å². The molecule has 0 N–H and O–H groups in total. The first-order valence-electron chi connectivity index (χ1n) is 12.3. The van der Waals surface area contributed by atoms with Crippen LogP contribution in [-0.4, -0.2) is 48.0 Å². The molecule has 0 aromatic carbocycles. The molecule has 0 saturated heterocycles. The zero-order chi connectivity index (χ0) is 27.6. The maximum Gasteiger partial charge on any atom is 0.336 e. The van der Waals surface area contributed by atoms with Crippen LogP contribution in [0, 0.1) is 5.92 Å². The summed E-state index contributed by atoms with van der Waals surface area (Å²) in [7, 11) is 2.51. The number of hydrogen-bond donors (Lipinski definition) is 0. The Morgan fingerprint density at radius 1 is 0.789 bits per heavy atom. The predicted octanol–water partition coefficient (Wildman–Crippen LogP) is 1.75. The number of hydroxylamine groups is 4. The summed E-state index contributed by atoms with van der Waals surface area (Å²) in [6, 6.07) is 2.62. The van der Waals surface area contributed by atoms with Crippen molar-refractivity contribution in [3.63, 3.8) is 0 Å². The Balaban J connectivity index is 0.000000181. The van der Waals surface area contributed by atoms with Gasteiger partial charge in [-0.2, -0.15) is 0 Å². The molecule has 12 heteroatoms. The second-order valence-electron chi connectivity index (χ2n) is 9.17. The van der Waals surface area contributed by atoms with Gasteiger partial charge in [-0.25, -0.2) is 9.59 Å². The molecule has 38 heavy (non-hydrogen) atoms. The minimum atomic E-state index is -0.584. The first kappa shape index (κ1) is 27.1. The van der Waals surface area contributed by atoms with Crippen LogP contribution in [-0.2, 0) is 44.9 Å². The van der Waals surface area contributed by atoms with Crippen molar-refractivity contribution in [3.8, 4) is 0 Å². The Bertz CT molecular complexity index is 1400. The maximum atomic E-state index is 12.3. The van der Waals surface area contributed by atoms with Crippen LogP contribution in [0.15, 0.2) is 30.6 Å². The maximum absolute atomic E-state index is 12.3. The number of carbonyl (C=O) groups is 4. The van der Waals surface area contributed by atoms with Crippen molar-refractivity contribution < 1.29 is 37.7 Å². The Morgan fingerprint density at radius 3 is 1.68 bits per heavy atom. The van der Waals surface area contributed by atoms with Gasteiger partial charge in [0.2, 0.25) is 0 Å². The Kier molecular flexibility index (Phi) is 8.02. The standard InChI is InChI=1S/C15H17NO5.C11H11NO5/c1-20-16-12(17)8-11-14(15(16)19)10(7-13(18)21-11)6-5-9-3-2-4-9;1-3-6-4-9(14)17-7-5-8(13)12(16-2)11(15)10(6)7/h7,9H,2-6,8H2,1H3;4H,3,5H2,1-2H3. The molecule has 4 amide bonds. The predicted molar refractivity (Wildman–Crippen MR) is 129 cm³/mol. The highest BCUT2D eigenvalue weighted by molar-refractivity contribution is 6.09. The lowest BCUT2D eigenvalue weighted by atomic mass is 9.81. The first-order chi connectivity index (χ1) is 18.2. The van der Waals surface area contributed by atoms with Crippen LogP contribution in [0.4, 0.5) is 0 Å². The van der Waals surface area contributed by atoms with E-state index in [-0.39, 0.29) is 29.9 Å². The molecule has 2 aliphatic heterocycles. The molecular formula is C26H28N2O10. The van der Waals surface area contributed by atoms with Crippen molar-refractivity contribution in [1.29, 1.82) is 0 Å². The summed E-state index contributed by atoms with van der Waals surface area (Å²) in [6.07, 6.45) is 5.51. The Hall–Kier alpha value is -3.90. The van der Waals surface area contributed by atoms with Crippen molar-refractivity contribution in [3.05, 3.63) is 66.7 Å². The van der Waals surface area contributed by atoms with Gasteiger partial charge in [0.15, 0.2) is 0 Å². The molecule has 5 rings (SSSR count). The van der Waals surface area contributed by atoms with Gasteiger partial charge in [0.05, 0.1) is 38.2 Å². The van der Waals surface area contributed by atoms with Crippen molar-refractivity contribution in [2.75, 3.05) is 14.2 Å². The zero-order valence-electron chi connectivity index (χ0n) is 21.4. The van der Waals surface area contributed by atoms with E-state index in [1.54, 1.807) is 0 Å². The molecule has 1 saturated carbocycles. The fourth-order valence-electron chi connectivity index (χ4n) is 4.79. The van der Waals surface area contributed by atoms with Crippen molar-refractivity contribution in [2.24, 2.45) is 5.92 Å². The molecule has 3 aliphatic rings. The molecular weight excluding hydrogens is 500 g/mol. The fraction of sp³-hybridized carbons (Fsp3) is 0.462. The number of aryl methyl sites for hydroxylation is 2. The topological polar surface area (TPSA) is 154 Å². The lowest BCUT2D eigenvalue weighted by molar-refractivity contribution is -0.163. The van der Waals surface area contributed by atoms with Gasteiger partial charge >= 0.3 is 11.3 Å². The minimum Gasteiger partial charge on any atom is -0.426 e. The molecule has 1 aliphatic carbocycles. The van der Waals surface area contributed by atoms with Crippen LogP contribution >= 0.6 is 0 Å². The first-order valence-corrected chi connectivity index (χ1v) is 12.3. The molecule has 2 aromatic heterocycles. The fourth-order valence-corrected chi connectivity index (χ4v) is 4.79. The van der Waals surface area contributed by atoms with Crippen molar-refractivity contribution in [2.45, 2.75) is 58.3 Å². The van der Waals surface area contributed by atoms with E-state index in [1.807, 2.05) is 6.92 Å². The van der Waals surface area contributed by atoms with Crippen molar-refractivity contribution >= 4 is 23.6 Å². The summed E-state index contributed by atoms with van der Waals surface area (Å²) in [5.74, 6) is -1.23. The van der Waals surface area contributed by atoms with Crippen LogP contribution in [0.25, 0.3) is 0 Å². The molecule has 2 aromatic rings. The SMILES string of the molecule is CCc1cc(=O)oc2c1C(=O)N(OC)C(=O)C2.CON1C(=O)Cc2oc(=O)cc(CCC3CCC3)c2C1=O. The number of fused-ring (bicyclic) bond motifs is 2. The Labute approximate surface area is 217 Å². The van der Waals surface area contributed by atoms with Crippen LogP contribution in [0.1, 0.15) is 76.0 Å². The third-order valence-electron chi connectivity index (χ3n) is 6.90. The van der Waals surface area contributed by atoms with E-state index in [0.717, 1.165) is 11.5 Å². The molecule has 0 radical (unpaired) electrons. The number of hydrogen-bond acceptors (Lipinski definition) is 10. The number of nitrogens with zero attached hydrogens (tertiary/aromatic N) is 2. The normalized spacial score (nSPS) is 17.0. The zero-order valence-corrected chi connectivity index (χ0v) is 21.4. The summed E-state index contributed by atoms with van der Waals surface area (Å²) in [4.78, 5) is 80.0. The van der Waals surface area contributed by atoms with Crippen LogP contribution in [0.5, 0.6) is 0 Å². The number of carbonyl (C=O) groups excluding carboxylic acids is 4. The molecule has 0 unspecified atom stereocenters. The van der Waals surface area contributed by atoms with Crippen LogP contribution in [0.2, 0.25) is 0 Å². The van der Waals surface area contributed by atoms with Gasteiger partial charge in [0.1, 0.15) is 11.5 Å². The summed E-state index contributed by atoms with van der Waals surface area (Å²) in [5.41, 5.74) is 0.739. The van der Waals surface area contributed by atoms with Gasteiger partial charge in [-0.3, -0.25) is 28.9 Å². The van der Waals surface area contributed by atoms with E-state index >= 15 is 0 Å². The average Bonchev–Trinajstić information content (AvgIpc) is 2.82. The number of imide groups is 2. The summed E-state index contributed by atoms with van der Waals surface area (Å²) < 4.78 is 9.94. The minimum absolute atomic E-state index is 0.123. The highest BCUT2D eigenvalue weighted by Gasteiger charge is 2.37. The monoisotopic (exact) mass is 528 g/mol. The van der Waals surface area contributed by atoms with E-state index in [4.69, 9.17) is 18.5 Å². The van der Waals surface area contributed by atoms with E-state index < -0.39 is 34.9 Å². The number of rotatable bonds is 6. The summed E-state index contributed by atoms with van der Waals surface area (Å²) in [5, 5.41) is 1.41. The van der Waals surface area contributed by atoms with Gasteiger partial charge in [-0.15, -0.1) is 10.1 Å². The molecule has 0 bridgehead atoms. The highest BCUT2D eigenvalue weighted by atomic mass is 16.7. The third-order valence-corrected chi connectivity index (χ3v) is 6.90. The van der Waals surface area contributed by atoms with Gasteiger partial charge < -0.3 is 8.83 Å². The largest absolute Gasteiger partial charge is 0.426 e. The molecule has 0 atom stereocenters.